The molecule has 0 radical (unpaired) electrons. The number of ether oxygens (including phenoxy) is 1. The maximum Gasteiger partial charge on any atom is 0.251 e. The second-order valence-electron chi connectivity index (χ2n) is 5.32. The van der Waals surface area contributed by atoms with E-state index in [1.54, 1.807) is 23.5 Å². The summed E-state index contributed by atoms with van der Waals surface area (Å²) >= 11 is 1.55. The fraction of sp³-hybridized carbons (Fsp3) is 0.375. The van der Waals surface area contributed by atoms with Crippen molar-refractivity contribution in [3.8, 4) is 5.75 Å². The van der Waals surface area contributed by atoms with Crippen molar-refractivity contribution in [3.05, 3.63) is 40.4 Å². The first kappa shape index (κ1) is 17.2. The molecule has 6 nitrogen and oxygen atoms in total. The average Bonchev–Trinajstić information content (AvgIpc) is 3.01. The van der Waals surface area contributed by atoms with Gasteiger partial charge in [-0.2, -0.15) is 0 Å². The number of thiazole rings is 1. The molecule has 1 heterocycles. The molecule has 1 amide bonds. The Kier molecular flexibility index (Phi) is 5.95. The van der Waals surface area contributed by atoms with Gasteiger partial charge in [0.2, 0.25) is 0 Å². The first-order valence-electron chi connectivity index (χ1n) is 7.34. The highest BCUT2D eigenvalue weighted by molar-refractivity contribution is 7.13. The van der Waals surface area contributed by atoms with Crippen LogP contribution < -0.4 is 20.7 Å². The van der Waals surface area contributed by atoms with E-state index in [9.17, 15) is 4.79 Å². The number of benzene rings is 1. The zero-order valence-electron chi connectivity index (χ0n) is 13.6. The number of anilines is 1. The van der Waals surface area contributed by atoms with Gasteiger partial charge in [-0.1, -0.05) is 6.07 Å². The van der Waals surface area contributed by atoms with Crippen LogP contribution in [0.1, 0.15) is 21.6 Å². The summed E-state index contributed by atoms with van der Waals surface area (Å²) in [6.45, 7) is 3.20. The van der Waals surface area contributed by atoms with Crippen LogP contribution in [0.3, 0.4) is 0 Å². The summed E-state index contributed by atoms with van der Waals surface area (Å²) in [5, 5.41) is 5.74. The van der Waals surface area contributed by atoms with Crippen molar-refractivity contribution in [3.63, 3.8) is 0 Å². The topological polar surface area (TPSA) is 80.5 Å². The Morgan fingerprint density at radius 3 is 2.87 bits per heavy atom. The van der Waals surface area contributed by atoms with Gasteiger partial charge in [0.15, 0.2) is 5.13 Å². The number of nitrogens with two attached hydrogens (primary N) is 1. The van der Waals surface area contributed by atoms with Crippen LogP contribution in [0.4, 0.5) is 5.13 Å². The maximum absolute atomic E-state index is 12.3. The smallest absolute Gasteiger partial charge is 0.251 e. The highest BCUT2D eigenvalue weighted by atomic mass is 32.1. The number of hydrogen-bond donors (Lipinski definition) is 2. The van der Waals surface area contributed by atoms with Gasteiger partial charge >= 0.3 is 0 Å². The minimum absolute atomic E-state index is 0.151. The van der Waals surface area contributed by atoms with Crippen LogP contribution >= 0.6 is 11.3 Å². The highest BCUT2D eigenvalue weighted by Crippen LogP contribution is 2.20. The number of hydrogen-bond acceptors (Lipinski definition) is 6. The second-order valence-corrected chi connectivity index (χ2v) is 6.15. The summed E-state index contributed by atoms with van der Waals surface area (Å²) in [6, 6.07) is 5.40. The van der Waals surface area contributed by atoms with E-state index in [4.69, 9.17) is 10.5 Å². The Hall–Kier alpha value is -2.12. The van der Waals surface area contributed by atoms with Crippen molar-refractivity contribution in [1.29, 1.82) is 0 Å². The largest absolute Gasteiger partial charge is 0.492 e. The number of rotatable bonds is 7. The fourth-order valence-corrected chi connectivity index (χ4v) is 2.68. The lowest BCUT2D eigenvalue weighted by Gasteiger charge is -2.10. The molecule has 0 saturated carbocycles. The molecule has 0 aliphatic carbocycles. The van der Waals surface area contributed by atoms with Crippen molar-refractivity contribution in [2.75, 3.05) is 32.1 Å². The molecule has 124 valence electrons. The SMILES string of the molecule is Cc1ccc(C(=O)NCc2csc(N(C)C)n2)cc1OCCN. The molecule has 3 N–H and O–H groups in total. The van der Waals surface area contributed by atoms with E-state index in [-0.39, 0.29) is 5.91 Å². The van der Waals surface area contributed by atoms with Crippen LogP contribution in [-0.2, 0) is 6.54 Å². The first-order chi connectivity index (χ1) is 11.0. The molecule has 7 heteroatoms. The van der Waals surface area contributed by atoms with Gasteiger partial charge in [0.1, 0.15) is 12.4 Å². The summed E-state index contributed by atoms with van der Waals surface area (Å²) < 4.78 is 5.55. The molecule has 0 atom stereocenters. The number of aryl methyl sites for hydroxylation is 1. The van der Waals surface area contributed by atoms with Gasteiger partial charge in [0.05, 0.1) is 12.2 Å². The van der Waals surface area contributed by atoms with Gasteiger partial charge < -0.3 is 20.7 Å². The third kappa shape index (κ3) is 4.67. The summed E-state index contributed by atoms with van der Waals surface area (Å²) in [6.07, 6.45) is 0. The lowest BCUT2D eigenvalue weighted by atomic mass is 10.1. The van der Waals surface area contributed by atoms with Crippen molar-refractivity contribution in [2.24, 2.45) is 5.73 Å². The highest BCUT2D eigenvalue weighted by Gasteiger charge is 2.10. The standard InChI is InChI=1S/C16H22N4O2S/c1-11-4-5-12(8-14(11)22-7-6-17)15(21)18-9-13-10-23-16(19-13)20(2)3/h4-5,8,10H,6-7,9,17H2,1-3H3,(H,18,21). The minimum atomic E-state index is -0.151. The van der Waals surface area contributed by atoms with Crippen molar-refractivity contribution in [2.45, 2.75) is 13.5 Å². The second kappa shape index (κ2) is 7.94. The van der Waals surface area contributed by atoms with Crippen LogP contribution in [0.15, 0.2) is 23.6 Å². The molecule has 2 rings (SSSR count). The number of carbonyl (C=O) groups is 1. The number of nitrogens with zero attached hydrogens (tertiary/aromatic N) is 2. The molecule has 1 aromatic heterocycles. The Morgan fingerprint density at radius 1 is 1.43 bits per heavy atom. The van der Waals surface area contributed by atoms with Gasteiger partial charge in [-0.05, 0) is 24.6 Å². The van der Waals surface area contributed by atoms with Crippen LogP contribution in [-0.4, -0.2) is 38.1 Å². The van der Waals surface area contributed by atoms with E-state index in [0.717, 1.165) is 16.4 Å². The predicted molar refractivity (Wildman–Crippen MR) is 93.3 cm³/mol. The quantitative estimate of drug-likeness (QED) is 0.807. The molecule has 0 aliphatic heterocycles. The lowest BCUT2D eigenvalue weighted by Crippen LogP contribution is -2.23. The third-order valence-corrected chi connectivity index (χ3v) is 4.24. The molecule has 0 fully saturated rings. The molecule has 2 aromatic rings. The summed E-state index contributed by atoms with van der Waals surface area (Å²) in [5.41, 5.74) is 7.83. The number of aromatic nitrogens is 1. The molecular formula is C16H22N4O2S. The summed E-state index contributed by atoms with van der Waals surface area (Å²) in [5.74, 6) is 0.536. The zero-order valence-corrected chi connectivity index (χ0v) is 14.4. The summed E-state index contributed by atoms with van der Waals surface area (Å²) in [7, 11) is 3.88. The van der Waals surface area contributed by atoms with Gasteiger partial charge in [-0.25, -0.2) is 4.98 Å². The van der Waals surface area contributed by atoms with Gasteiger partial charge in [-0.3, -0.25) is 4.79 Å². The molecule has 0 spiro atoms. The molecule has 0 saturated heterocycles. The Labute approximate surface area is 140 Å². The van der Waals surface area contributed by atoms with Crippen LogP contribution in [0.25, 0.3) is 0 Å². The maximum atomic E-state index is 12.3. The number of carbonyl (C=O) groups excluding carboxylic acids is 1. The molecule has 0 unspecified atom stereocenters. The van der Waals surface area contributed by atoms with Crippen molar-refractivity contribution >= 4 is 22.4 Å². The average molecular weight is 334 g/mol. The van der Waals surface area contributed by atoms with E-state index < -0.39 is 0 Å². The zero-order chi connectivity index (χ0) is 16.8. The number of nitrogens with one attached hydrogen (secondary N) is 1. The normalized spacial score (nSPS) is 10.4. The van der Waals surface area contributed by atoms with Crippen LogP contribution in [0.5, 0.6) is 5.75 Å². The first-order valence-corrected chi connectivity index (χ1v) is 8.22. The third-order valence-electron chi connectivity index (χ3n) is 3.18. The van der Waals surface area contributed by atoms with Gasteiger partial charge in [0, 0.05) is 31.6 Å². The van der Waals surface area contributed by atoms with E-state index in [1.165, 1.54) is 0 Å². The van der Waals surface area contributed by atoms with E-state index in [2.05, 4.69) is 10.3 Å². The van der Waals surface area contributed by atoms with E-state index in [1.807, 2.05) is 37.4 Å². The van der Waals surface area contributed by atoms with Gasteiger partial charge in [-0.15, -0.1) is 11.3 Å². The minimum Gasteiger partial charge on any atom is -0.492 e. The molecule has 1 aromatic carbocycles. The van der Waals surface area contributed by atoms with Crippen molar-refractivity contribution in [1.82, 2.24) is 10.3 Å². The number of amides is 1. The van der Waals surface area contributed by atoms with E-state index in [0.29, 0.717) is 31.0 Å². The van der Waals surface area contributed by atoms with Gasteiger partial charge in [0.25, 0.3) is 5.91 Å². The lowest BCUT2D eigenvalue weighted by molar-refractivity contribution is 0.0950. The Morgan fingerprint density at radius 2 is 2.22 bits per heavy atom. The summed E-state index contributed by atoms with van der Waals surface area (Å²) in [4.78, 5) is 18.7. The molecular weight excluding hydrogens is 312 g/mol. The molecule has 0 aliphatic rings. The monoisotopic (exact) mass is 334 g/mol. The predicted octanol–water partition coefficient (Wildman–Crippen LogP) is 1.79. The van der Waals surface area contributed by atoms with E-state index >= 15 is 0 Å². The Balaban J connectivity index is 1.99. The van der Waals surface area contributed by atoms with Crippen LogP contribution in [0.2, 0.25) is 0 Å². The molecule has 0 bridgehead atoms. The van der Waals surface area contributed by atoms with Crippen LogP contribution in [0, 0.1) is 6.92 Å². The molecule has 23 heavy (non-hydrogen) atoms. The Bertz CT molecular complexity index is 670. The van der Waals surface area contributed by atoms with Crippen molar-refractivity contribution < 1.29 is 9.53 Å². The fourth-order valence-electron chi connectivity index (χ4n) is 1.92.